The van der Waals surface area contributed by atoms with Crippen molar-refractivity contribution in [3.8, 4) is 0 Å². The van der Waals surface area contributed by atoms with Gasteiger partial charge >= 0.3 is 0 Å². The number of aromatic nitrogens is 4. The van der Waals surface area contributed by atoms with Crippen LogP contribution in [-0.4, -0.2) is 26.2 Å². The normalized spacial score (nSPS) is 23.2. The first-order valence-electron chi connectivity index (χ1n) is 7.34. The Bertz CT molecular complexity index is 378. The Kier molecular flexibility index (Phi) is 3.59. The number of hydrogen-bond acceptors (Lipinski definition) is 4. The minimum Gasteiger partial charge on any atom is -0.307 e. The molecule has 5 nitrogen and oxygen atoms in total. The first-order chi connectivity index (χ1) is 8.84. The summed E-state index contributed by atoms with van der Waals surface area (Å²) in [6.07, 6.45) is 9.40. The van der Waals surface area contributed by atoms with Crippen LogP contribution in [0.25, 0.3) is 0 Å². The smallest absolute Gasteiger partial charge is 0.165 e. The molecule has 1 N–H and O–H groups in total. The first kappa shape index (κ1) is 12.1. The van der Waals surface area contributed by atoms with Crippen LogP contribution < -0.4 is 5.32 Å². The van der Waals surface area contributed by atoms with Crippen molar-refractivity contribution in [3.63, 3.8) is 0 Å². The van der Waals surface area contributed by atoms with Crippen LogP contribution in [0.15, 0.2) is 0 Å². The summed E-state index contributed by atoms with van der Waals surface area (Å²) in [5.74, 6) is 1.75. The van der Waals surface area contributed by atoms with Crippen molar-refractivity contribution in [2.45, 2.75) is 70.5 Å². The molecule has 0 bridgehead atoms. The highest BCUT2D eigenvalue weighted by Gasteiger charge is 2.26. The van der Waals surface area contributed by atoms with E-state index in [1.807, 2.05) is 4.68 Å². The zero-order valence-corrected chi connectivity index (χ0v) is 11.2. The summed E-state index contributed by atoms with van der Waals surface area (Å²) in [5.41, 5.74) is 0. The van der Waals surface area contributed by atoms with Gasteiger partial charge in [-0.1, -0.05) is 19.3 Å². The maximum atomic E-state index is 4.21. The molecular formula is C13H23N5. The van der Waals surface area contributed by atoms with Crippen molar-refractivity contribution in [1.29, 1.82) is 0 Å². The molecular weight excluding hydrogens is 226 g/mol. The van der Waals surface area contributed by atoms with Gasteiger partial charge in [0.25, 0.3) is 0 Å². The van der Waals surface area contributed by atoms with Gasteiger partial charge in [-0.2, -0.15) is 0 Å². The third-order valence-corrected chi connectivity index (χ3v) is 4.40. The number of tetrazole rings is 1. The predicted molar refractivity (Wildman–Crippen MR) is 69.0 cm³/mol. The van der Waals surface area contributed by atoms with Crippen LogP contribution in [0, 0.1) is 5.92 Å². The molecule has 1 unspecified atom stereocenters. The van der Waals surface area contributed by atoms with Gasteiger partial charge < -0.3 is 5.32 Å². The molecule has 100 valence electrons. The van der Waals surface area contributed by atoms with Crippen LogP contribution in [0.5, 0.6) is 0 Å². The summed E-state index contributed by atoms with van der Waals surface area (Å²) in [6, 6.07) is 1.15. The summed E-state index contributed by atoms with van der Waals surface area (Å²) >= 11 is 0. The van der Waals surface area contributed by atoms with Crippen molar-refractivity contribution in [2.24, 2.45) is 5.92 Å². The zero-order valence-electron chi connectivity index (χ0n) is 11.2. The van der Waals surface area contributed by atoms with Crippen LogP contribution >= 0.6 is 0 Å². The van der Waals surface area contributed by atoms with Gasteiger partial charge in [0.1, 0.15) is 0 Å². The zero-order chi connectivity index (χ0) is 12.4. The van der Waals surface area contributed by atoms with Crippen LogP contribution in [0.1, 0.15) is 63.7 Å². The topological polar surface area (TPSA) is 55.6 Å². The Morgan fingerprint density at radius 3 is 2.72 bits per heavy atom. The van der Waals surface area contributed by atoms with Crippen LogP contribution in [0.4, 0.5) is 0 Å². The number of nitrogens with zero attached hydrogens (tertiary/aromatic N) is 4. The molecule has 2 saturated carbocycles. The van der Waals surface area contributed by atoms with Crippen molar-refractivity contribution in [2.75, 3.05) is 0 Å². The predicted octanol–water partition coefficient (Wildman–Crippen LogP) is 2.07. The van der Waals surface area contributed by atoms with Crippen molar-refractivity contribution in [1.82, 2.24) is 25.5 Å². The molecule has 2 fully saturated rings. The lowest BCUT2D eigenvalue weighted by Crippen LogP contribution is -2.25. The second-order valence-corrected chi connectivity index (χ2v) is 5.83. The van der Waals surface area contributed by atoms with Crippen LogP contribution in [-0.2, 0) is 6.54 Å². The Labute approximate surface area is 108 Å². The van der Waals surface area contributed by atoms with Crippen molar-refractivity contribution >= 4 is 0 Å². The first-order valence-corrected chi connectivity index (χ1v) is 7.34. The molecule has 0 spiro atoms. The quantitative estimate of drug-likeness (QED) is 0.868. The number of rotatable bonds is 5. The highest BCUT2D eigenvalue weighted by Crippen LogP contribution is 2.32. The molecule has 0 aliphatic heterocycles. The highest BCUT2D eigenvalue weighted by atomic mass is 15.6. The number of hydrogen-bond donors (Lipinski definition) is 1. The molecule has 5 heteroatoms. The van der Waals surface area contributed by atoms with E-state index < -0.39 is 0 Å². The SMILES string of the molecule is CC(C1CCCCC1)n1nnnc1CNC1CC1. The van der Waals surface area contributed by atoms with Gasteiger partial charge in [-0.25, -0.2) is 4.68 Å². The summed E-state index contributed by atoms with van der Waals surface area (Å²) < 4.78 is 2.05. The van der Waals surface area contributed by atoms with E-state index in [9.17, 15) is 0 Å². The Hall–Kier alpha value is -0.970. The lowest BCUT2D eigenvalue weighted by atomic mass is 9.84. The standard InChI is InChI=1S/C13H23N5/c1-10(11-5-3-2-4-6-11)18-13(15-16-17-18)9-14-12-7-8-12/h10-12,14H,2-9H2,1H3. The lowest BCUT2D eigenvalue weighted by molar-refractivity contribution is 0.242. The van der Waals surface area contributed by atoms with E-state index in [1.165, 1.54) is 44.9 Å². The van der Waals surface area contributed by atoms with Gasteiger partial charge in [-0.05, 0) is 49.0 Å². The van der Waals surface area contributed by atoms with Gasteiger partial charge in [-0.3, -0.25) is 0 Å². The van der Waals surface area contributed by atoms with Crippen LogP contribution in [0.3, 0.4) is 0 Å². The monoisotopic (exact) mass is 249 g/mol. The van der Waals surface area contributed by atoms with Gasteiger partial charge in [-0.15, -0.1) is 5.10 Å². The summed E-state index contributed by atoms with van der Waals surface area (Å²) in [5, 5.41) is 15.7. The van der Waals surface area contributed by atoms with Gasteiger partial charge in [0.05, 0.1) is 12.6 Å². The maximum absolute atomic E-state index is 4.21. The molecule has 18 heavy (non-hydrogen) atoms. The Morgan fingerprint density at radius 2 is 2.00 bits per heavy atom. The average Bonchev–Trinajstić information content (AvgIpc) is 3.14. The third-order valence-electron chi connectivity index (χ3n) is 4.40. The lowest BCUT2D eigenvalue weighted by Gasteiger charge is -2.27. The van der Waals surface area contributed by atoms with Gasteiger partial charge in [0.15, 0.2) is 5.82 Å². The molecule has 1 heterocycles. The fourth-order valence-corrected chi connectivity index (χ4v) is 2.98. The minimum absolute atomic E-state index is 0.441. The maximum Gasteiger partial charge on any atom is 0.165 e. The second kappa shape index (κ2) is 5.34. The Morgan fingerprint density at radius 1 is 1.22 bits per heavy atom. The van der Waals surface area contributed by atoms with E-state index in [-0.39, 0.29) is 0 Å². The van der Waals surface area contributed by atoms with Crippen LogP contribution in [0.2, 0.25) is 0 Å². The average molecular weight is 249 g/mol. The molecule has 0 radical (unpaired) electrons. The van der Waals surface area contributed by atoms with E-state index in [1.54, 1.807) is 0 Å². The van der Waals surface area contributed by atoms with Gasteiger partial charge in [0.2, 0.25) is 0 Å². The molecule has 1 aromatic heterocycles. The Balaban J connectivity index is 1.63. The van der Waals surface area contributed by atoms with E-state index in [4.69, 9.17) is 0 Å². The molecule has 0 amide bonds. The molecule has 3 rings (SSSR count). The minimum atomic E-state index is 0.441. The summed E-state index contributed by atoms with van der Waals surface area (Å²) in [6.45, 7) is 3.09. The highest BCUT2D eigenvalue weighted by molar-refractivity contribution is 4.89. The van der Waals surface area contributed by atoms with Gasteiger partial charge in [0, 0.05) is 6.04 Å². The molecule has 1 aromatic rings. The van der Waals surface area contributed by atoms with E-state index >= 15 is 0 Å². The molecule has 2 aliphatic rings. The third kappa shape index (κ3) is 2.71. The van der Waals surface area contributed by atoms with Crippen molar-refractivity contribution in [3.05, 3.63) is 5.82 Å². The summed E-state index contributed by atoms with van der Waals surface area (Å²) in [4.78, 5) is 0. The van der Waals surface area contributed by atoms with E-state index in [0.29, 0.717) is 12.1 Å². The number of nitrogens with one attached hydrogen (secondary N) is 1. The summed E-state index contributed by atoms with van der Waals surface area (Å²) in [7, 11) is 0. The molecule has 1 atom stereocenters. The van der Waals surface area contributed by atoms with Crippen molar-refractivity contribution < 1.29 is 0 Å². The molecule has 0 saturated heterocycles. The largest absolute Gasteiger partial charge is 0.307 e. The second-order valence-electron chi connectivity index (χ2n) is 5.83. The van der Waals surface area contributed by atoms with E-state index in [0.717, 1.165) is 18.3 Å². The fourth-order valence-electron chi connectivity index (χ4n) is 2.98. The van der Waals surface area contributed by atoms with E-state index in [2.05, 4.69) is 27.8 Å². The molecule has 0 aromatic carbocycles. The fraction of sp³-hybridized carbons (Fsp3) is 0.923. The molecule has 2 aliphatic carbocycles.